The number of benzene rings is 1. The number of hydrogen-bond donors (Lipinski definition) is 2. The van der Waals surface area contributed by atoms with Gasteiger partial charge in [-0.3, -0.25) is 20.6 Å². The van der Waals surface area contributed by atoms with Crippen LogP contribution in [-0.4, -0.2) is 29.7 Å². The fraction of sp³-hybridized carbons (Fsp3) is 0.222. The smallest absolute Gasteiger partial charge is 0.236 e. The average molecular weight is 322 g/mol. The molecule has 0 spiro atoms. The molecular formula is C18H18N4O2. The predicted molar refractivity (Wildman–Crippen MR) is 91.9 cm³/mol. The van der Waals surface area contributed by atoms with Gasteiger partial charge < -0.3 is 9.64 Å². The molecule has 0 atom stereocenters. The number of hydrogen-bond acceptors (Lipinski definition) is 5. The summed E-state index contributed by atoms with van der Waals surface area (Å²) in [6, 6.07) is 8.64. The van der Waals surface area contributed by atoms with Crippen LogP contribution in [-0.2, 0) is 14.9 Å². The number of ether oxygens (including phenoxy) is 1. The first-order chi connectivity index (χ1) is 11.3. The third kappa shape index (κ3) is 2.46. The Morgan fingerprint density at radius 3 is 2.38 bits per heavy atom. The molecule has 2 N–H and O–H groups in total. The minimum absolute atomic E-state index is 0.0200. The topological polar surface area (TPSA) is 90.1 Å². The van der Waals surface area contributed by atoms with E-state index in [1.807, 2.05) is 19.9 Å². The van der Waals surface area contributed by atoms with E-state index < -0.39 is 5.41 Å². The van der Waals surface area contributed by atoms with Crippen LogP contribution < -0.4 is 4.90 Å². The summed E-state index contributed by atoms with van der Waals surface area (Å²) in [7, 11) is 1.73. The number of aromatic nitrogens is 1. The van der Waals surface area contributed by atoms with Crippen LogP contribution in [0.4, 0.5) is 5.69 Å². The lowest BCUT2D eigenvalue weighted by molar-refractivity contribution is -0.121. The SMILES string of the molecule is CN1C(=O)C(C)(C)c2ccc(C(=N)OC(=N)c3ccncc3)cc21. The summed E-state index contributed by atoms with van der Waals surface area (Å²) in [6.45, 7) is 3.77. The van der Waals surface area contributed by atoms with Gasteiger partial charge in [0.25, 0.3) is 0 Å². The third-order valence-electron chi connectivity index (χ3n) is 4.28. The summed E-state index contributed by atoms with van der Waals surface area (Å²) in [5.74, 6) is -0.232. The molecule has 1 aromatic carbocycles. The molecular weight excluding hydrogens is 304 g/mol. The number of nitrogens with one attached hydrogen (secondary N) is 2. The fourth-order valence-electron chi connectivity index (χ4n) is 2.85. The lowest BCUT2D eigenvalue weighted by Gasteiger charge is -2.16. The minimum atomic E-state index is -0.574. The van der Waals surface area contributed by atoms with E-state index in [2.05, 4.69) is 4.98 Å². The Balaban J connectivity index is 1.86. The van der Waals surface area contributed by atoms with Crippen molar-refractivity contribution in [3.8, 4) is 0 Å². The van der Waals surface area contributed by atoms with Crippen LogP contribution in [0.25, 0.3) is 0 Å². The van der Waals surface area contributed by atoms with Crippen molar-refractivity contribution >= 4 is 23.4 Å². The highest BCUT2D eigenvalue weighted by molar-refractivity contribution is 6.09. The standard InChI is InChI=1S/C18H18N4O2/c1-18(2)13-5-4-12(10-14(13)22(3)17(18)23)16(20)24-15(19)11-6-8-21-9-7-11/h4-10,19-20H,1-3H3. The largest absolute Gasteiger partial charge is 0.421 e. The van der Waals surface area contributed by atoms with Crippen molar-refractivity contribution in [3.63, 3.8) is 0 Å². The van der Waals surface area contributed by atoms with Crippen molar-refractivity contribution in [1.82, 2.24) is 4.98 Å². The molecule has 3 rings (SSSR count). The molecule has 1 aliphatic rings. The van der Waals surface area contributed by atoms with Gasteiger partial charge in [0.05, 0.1) is 5.41 Å². The fourth-order valence-corrected chi connectivity index (χ4v) is 2.85. The van der Waals surface area contributed by atoms with Gasteiger partial charge in [-0.2, -0.15) is 0 Å². The van der Waals surface area contributed by atoms with Gasteiger partial charge >= 0.3 is 0 Å². The maximum Gasteiger partial charge on any atom is 0.236 e. The molecule has 0 fully saturated rings. The normalized spacial score (nSPS) is 15.1. The number of carbonyl (C=O) groups is 1. The second-order valence-electron chi connectivity index (χ2n) is 6.22. The lowest BCUT2D eigenvalue weighted by atomic mass is 9.86. The van der Waals surface area contributed by atoms with Crippen LogP contribution in [0.1, 0.15) is 30.5 Å². The Labute approximate surface area is 140 Å². The van der Waals surface area contributed by atoms with E-state index in [9.17, 15) is 4.79 Å². The first-order valence-electron chi connectivity index (χ1n) is 7.51. The number of nitrogens with zero attached hydrogens (tertiary/aromatic N) is 2. The number of pyridine rings is 1. The quantitative estimate of drug-likeness (QED) is 0.658. The van der Waals surface area contributed by atoms with Gasteiger partial charge in [0, 0.05) is 36.3 Å². The Morgan fingerprint density at radius 1 is 1.08 bits per heavy atom. The number of fused-ring (bicyclic) bond motifs is 1. The number of likely N-dealkylation sites (N-methyl/N-ethyl adjacent to an activating group) is 1. The molecule has 0 saturated heterocycles. The summed E-state index contributed by atoms with van der Waals surface area (Å²) >= 11 is 0. The number of rotatable bonds is 2. The first-order valence-corrected chi connectivity index (χ1v) is 7.51. The molecule has 0 aliphatic carbocycles. The number of anilines is 1. The van der Waals surface area contributed by atoms with Crippen LogP contribution in [0.3, 0.4) is 0 Å². The zero-order valence-corrected chi connectivity index (χ0v) is 13.8. The molecule has 1 aliphatic heterocycles. The molecule has 0 radical (unpaired) electrons. The van der Waals surface area contributed by atoms with Crippen LogP contribution in [0.15, 0.2) is 42.7 Å². The second-order valence-corrected chi connectivity index (χ2v) is 6.22. The zero-order chi connectivity index (χ0) is 17.5. The number of amides is 1. The maximum absolute atomic E-state index is 12.3. The molecule has 6 nitrogen and oxygen atoms in total. The van der Waals surface area contributed by atoms with Crippen LogP contribution in [0, 0.1) is 10.8 Å². The Hall–Kier alpha value is -3.02. The van der Waals surface area contributed by atoms with E-state index in [0.29, 0.717) is 11.1 Å². The zero-order valence-electron chi connectivity index (χ0n) is 13.8. The highest BCUT2D eigenvalue weighted by atomic mass is 16.5. The van der Waals surface area contributed by atoms with Crippen molar-refractivity contribution in [1.29, 1.82) is 10.8 Å². The van der Waals surface area contributed by atoms with Gasteiger partial charge in [-0.05, 0) is 43.7 Å². The van der Waals surface area contributed by atoms with Gasteiger partial charge in [0.2, 0.25) is 17.7 Å². The summed E-state index contributed by atoms with van der Waals surface area (Å²) in [6.07, 6.45) is 3.13. The highest BCUT2D eigenvalue weighted by Gasteiger charge is 2.42. The van der Waals surface area contributed by atoms with Gasteiger partial charge in [-0.15, -0.1) is 0 Å². The average Bonchev–Trinajstić information content (AvgIpc) is 2.76. The van der Waals surface area contributed by atoms with Crippen molar-refractivity contribution in [2.24, 2.45) is 0 Å². The molecule has 0 unspecified atom stereocenters. The molecule has 1 amide bonds. The van der Waals surface area contributed by atoms with E-state index in [4.69, 9.17) is 15.6 Å². The Bertz CT molecular complexity index is 843. The molecule has 2 aromatic rings. The summed E-state index contributed by atoms with van der Waals surface area (Å²) in [5, 5.41) is 16.0. The monoisotopic (exact) mass is 322 g/mol. The van der Waals surface area contributed by atoms with Crippen molar-refractivity contribution < 1.29 is 9.53 Å². The lowest BCUT2D eigenvalue weighted by Crippen LogP contribution is -2.33. The third-order valence-corrected chi connectivity index (χ3v) is 4.28. The van der Waals surface area contributed by atoms with E-state index in [-0.39, 0.29) is 17.7 Å². The molecule has 0 saturated carbocycles. The van der Waals surface area contributed by atoms with E-state index in [1.54, 1.807) is 48.6 Å². The van der Waals surface area contributed by atoms with Crippen molar-refractivity contribution in [2.75, 3.05) is 11.9 Å². The maximum atomic E-state index is 12.3. The molecule has 2 heterocycles. The highest BCUT2D eigenvalue weighted by Crippen LogP contribution is 2.41. The molecule has 24 heavy (non-hydrogen) atoms. The minimum Gasteiger partial charge on any atom is -0.421 e. The molecule has 0 bridgehead atoms. The Kier molecular flexibility index (Phi) is 3.67. The van der Waals surface area contributed by atoms with Crippen LogP contribution in [0.5, 0.6) is 0 Å². The van der Waals surface area contributed by atoms with Crippen molar-refractivity contribution in [3.05, 3.63) is 59.4 Å². The van der Waals surface area contributed by atoms with Crippen molar-refractivity contribution in [2.45, 2.75) is 19.3 Å². The summed E-state index contributed by atoms with van der Waals surface area (Å²) in [5.41, 5.74) is 2.19. The van der Waals surface area contributed by atoms with Crippen LogP contribution in [0.2, 0.25) is 0 Å². The summed E-state index contributed by atoms with van der Waals surface area (Å²) < 4.78 is 5.33. The molecule has 6 heteroatoms. The number of carbonyl (C=O) groups excluding carboxylic acids is 1. The molecule has 1 aromatic heterocycles. The predicted octanol–water partition coefficient (Wildman–Crippen LogP) is 2.70. The first kappa shape index (κ1) is 15.9. The van der Waals surface area contributed by atoms with Gasteiger partial charge in [-0.25, -0.2) is 0 Å². The molecule has 122 valence electrons. The van der Waals surface area contributed by atoms with E-state index >= 15 is 0 Å². The van der Waals surface area contributed by atoms with Gasteiger partial charge in [0.1, 0.15) is 0 Å². The summed E-state index contributed by atoms with van der Waals surface area (Å²) in [4.78, 5) is 17.8. The van der Waals surface area contributed by atoms with Crippen LogP contribution >= 0.6 is 0 Å². The van der Waals surface area contributed by atoms with Gasteiger partial charge in [0.15, 0.2) is 0 Å². The second kappa shape index (κ2) is 5.56. The van der Waals surface area contributed by atoms with E-state index in [0.717, 1.165) is 11.3 Å². The van der Waals surface area contributed by atoms with E-state index in [1.165, 1.54) is 0 Å². The Morgan fingerprint density at radius 2 is 1.71 bits per heavy atom. The van der Waals surface area contributed by atoms with Gasteiger partial charge in [-0.1, -0.05) is 6.07 Å².